The maximum Gasteiger partial charge on any atom is 0.353 e. The molecule has 156 valence electrons. The number of hydrogen-bond donors (Lipinski definition) is 1. The summed E-state index contributed by atoms with van der Waals surface area (Å²) in [4.78, 5) is 25.6. The highest BCUT2D eigenvalue weighted by molar-refractivity contribution is 5.74. The van der Waals surface area contributed by atoms with Crippen LogP contribution in [0.2, 0.25) is 0 Å². The van der Waals surface area contributed by atoms with E-state index in [0.29, 0.717) is 44.1 Å². The lowest BCUT2D eigenvalue weighted by Gasteiger charge is -2.30. The molecular weight excluding hydrogens is 393 g/mol. The van der Waals surface area contributed by atoms with E-state index in [2.05, 4.69) is 25.4 Å². The molecule has 2 aromatic heterocycles. The molecule has 0 saturated carbocycles. The van der Waals surface area contributed by atoms with Gasteiger partial charge in [0, 0.05) is 25.4 Å². The van der Waals surface area contributed by atoms with E-state index in [1.807, 2.05) is 11.8 Å². The molecule has 10 nitrogen and oxygen atoms in total. The van der Waals surface area contributed by atoms with Crippen molar-refractivity contribution in [3.8, 4) is 0 Å². The third-order valence-electron chi connectivity index (χ3n) is 5.06. The second-order valence-corrected chi connectivity index (χ2v) is 6.92. The highest BCUT2D eigenvalue weighted by Crippen LogP contribution is 2.37. The van der Waals surface area contributed by atoms with Crippen LogP contribution in [0, 0.1) is 15.9 Å². The van der Waals surface area contributed by atoms with Gasteiger partial charge in [-0.25, -0.2) is 14.4 Å². The zero-order chi connectivity index (χ0) is 21.1. The lowest BCUT2D eigenvalue weighted by Crippen LogP contribution is -2.34. The zero-order valence-corrected chi connectivity index (χ0v) is 16.3. The molecule has 3 heterocycles. The Balaban J connectivity index is 1.56. The average molecular weight is 413 g/mol. The van der Waals surface area contributed by atoms with Crippen molar-refractivity contribution in [1.82, 2.24) is 20.1 Å². The molecule has 0 spiro atoms. The Morgan fingerprint density at radius 1 is 1.30 bits per heavy atom. The average Bonchev–Trinajstić information content (AvgIpc) is 3.24. The van der Waals surface area contributed by atoms with Crippen LogP contribution in [0.1, 0.15) is 37.4 Å². The van der Waals surface area contributed by atoms with E-state index < -0.39 is 10.7 Å². The number of piperidine rings is 1. The Kier molecular flexibility index (Phi) is 5.50. The molecule has 30 heavy (non-hydrogen) atoms. The monoisotopic (exact) mass is 413 g/mol. The van der Waals surface area contributed by atoms with Crippen LogP contribution in [0.5, 0.6) is 0 Å². The van der Waals surface area contributed by atoms with Crippen molar-refractivity contribution in [2.75, 3.05) is 23.3 Å². The normalized spacial score (nSPS) is 14.7. The summed E-state index contributed by atoms with van der Waals surface area (Å²) in [7, 11) is 0. The first kappa shape index (κ1) is 19.7. The van der Waals surface area contributed by atoms with Crippen LogP contribution in [0.15, 0.2) is 35.1 Å². The topological polar surface area (TPSA) is 123 Å². The molecule has 0 unspecified atom stereocenters. The Hall–Kier alpha value is -3.63. The molecular formula is C19H20FN7O3. The van der Waals surface area contributed by atoms with Gasteiger partial charge in [-0.3, -0.25) is 10.1 Å². The number of nitro groups is 1. The van der Waals surface area contributed by atoms with E-state index in [9.17, 15) is 14.5 Å². The van der Waals surface area contributed by atoms with Crippen LogP contribution < -0.4 is 10.2 Å². The van der Waals surface area contributed by atoms with E-state index in [1.54, 1.807) is 6.07 Å². The quantitative estimate of drug-likeness (QED) is 0.477. The summed E-state index contributed by atoms with van der Waals surface area (Å²) in [6, 6.07) is 5.92. The van der Waals surface area contributed by atoms with Crippen LogP contribution in [-0.4, -0.2) is 38.1 Å². The summed E-state index contributed by atoms with van der Waals surface area (Å²) in [5, 5.41) is 18.5. The summed E-state index contributed by atoms with van der Waals surface area (Å²) in [5.74, 6) is 0.992. The van der Waals surface area contributed by atoms with Gasteiger partial charge in [-0.15, -0.1) is 0 Å². The molecule has 0 bridgehead atoms. The Bertz CT molecular complexity index is 1050. The van der Waals surface area contributed by atoms with Crippen LogP contribution in [0.25, 0.3) is 0 Å². The van der Waals surface area contributed by atoms with Crippen LogP contribution in [0.4, 0.5) is 27.4 Å². The van der Waals surface area contributed by atoms with E-state index in [-0.39, 0.29) is 28.9 Å². The fourth-order valence-electron chi connectivity index (χ4n) is 3.47. The first-order valence-electron chi connectivity index (χ1n) is 9.65. The number of anilines is 3. The highest BCUT2D eigenvalue weighted by atomic mass is 19.1. The second kappa shape index (κ2) is 8.39. The van der Waals surface area contributed by atoms with Crippen molar-refractivity contribution in [3.63, 3.8) is 0 Å². The fourth-order valence-corrected chi connectivity index (χ4v) is 3.47. The maximum absolute atomic E-state index is 14.0. The third-order valence-corrected chi connectivity index (χ3v) is 5.06. The lowest BCUT2D eigenvalue weighted by molar-refractivity contribution is -0.383. The van der Waals surface area contributed by atoms with Crippen molar-refractivity contribution in [2.24, 2.45) is 0 Å². The van der Waals surface area contributed by atoms with E-state index in [0.717, 1.165) is 0 Å². The molecule has 1 saturated heterocycles. The number of aromatic nitrogens is 4. The van der Waals surface area contributed by atoms with E-state index >= 15 is 0 Å². The molecule has 1 aliphatic heterocycles. The first-order chi connectivity index (χ1) is 14.6. The second-order valence-electron chi connectivity index (χ2n) is 6.92. The maximum atomic E-state index is 14.0. The summed E-state index contributed by atoms with van der Waals surface area (Å²) in [6.07, 6.45) is 3.33. The Morgan fingerprint density at radius 3 is 2.73 bits per heavy atom. The number of rotatable bonds is 6. The molecule has 1 aromatic carbocycles. The highest BCUT2D eigenvalue weighted by Gasteiger charge is 2.32. The van der Waals surface area contributed by atoms with Gasteiger partial charge in [0.25, 0.3) is 0 Å². The van der Waals surface area contributed by atoms with E-state index in [4.69, 9.17) is 4.52 Å². The van der Waals surface area contributed by atoms with Crippen LogP contribution in [0.3, 0.4) is 0 Å². The SMILES string of the molecule is CCc1noc(C2CCN(c3ncnc(Nc4ccccc4F)c3[N+](=O)[O-])CC2)n1. The smallest absolute Gasteiger partial charge is 0.351 e. The minimum absolute atomic E-state index is 0.0540. The largest absolute Gasteiger partial charge is 0.353 e. The van der Waals surface area contributed by atoms with Gasteiger partial charge in [-0.05, 0) is 25.0 Å². The zero-order valence-electron chi connectivity index (χ0n) is 16.3. The van der Waals surface area contributed by atoms with Gasteiger partial charge in [-0.1, -0.05) is 24.2 Å². The minimum Gasteiger partial charge on any atom is -0.351 e. The number of benzene rings is 1. The van der Waals surface area contributed by atoms with E-state index in [1.165, 1.54) is 24.5 Å². The van der Waals surface area contributed by atoms with Gasteiger partial charge >= 0.3 is 5.69 Å². The van der Waals surface area contributed by atoms with Crippen molar-refractivity contribution in [1.29, 1.82) is 0 Å². The molecule has 0 atom stereocenters. The predicted molar refractivity (Wildman–Crippen MR) is 106 cm³/mol. The molecule has 11 heteroatoms. The number of aryl methyl sites for hydroxylation is 1. The number of para-hydroxylation sites is 1. The summed E-state index contributed by atoms with van der Waals surface area (Å²) in [5.41, 5.74) is -0.183. The standard InChI is InChI=1S/C19H20FN7O3/c1-2-15-24-19(30-25-15)12-7-9-26(10-8-12)18-16(27(28)29)17(21-11-22-18)23-14-6-4-3-5-13(14)20/h3-6,11-12H,2,7-10H2,1H3,(H,21,22,23). The number of halogens is 1. The minimum atomic E-state index is -0.546. The van der Waals surface area contributed by atoms with Gasteiger partial charge in [0.15, 0.2) is 5.82 Å². The van der Waals surface area contributed by atoms with Crippen LogP contribution >= 0.6 is 0 Å². The predicted octanol–water partition coefficient (Wildman–Crippen LogP) is 3.60. The van der Waals surface area contributed by atoms with Crippen molar-refractivity contribution in [2.45, 2.75) is 32.1 Å². The van der Waals surface area contributed by atoms with Gasteiger partial charge in [0.2, 0.25) is 17.5 Å². The van der Waals surface area contributed by atoms with Gasteiger partial charge in [0.1, 0.15) is 12.1 Å². The molecule has 1 aliphatic rings. The van der Waals surface area contributed by atoms with Gasteiger partial charge in [-0.2, -0.15) is 4.98 Å². The molecule has 0 amide bonds. The number of hydrogen-bond acceptors (Lipinski definition) is 9. The molecule has 0 radical (unpaired) electrons. The van der Waals surface area contributed by atoms with Crippen molar-refractivity contribution in [3.05, 3.63) is 58.2 Å². The molecule has 1 N–H and O–H groups in total. The van der Waals surface area contributed by atoms with Crippen LogP contribution in [-0.2, 0) is 6.42 Å². The van der Waals surface area contributed by atoms with Gasteiger partial charge < -0.3 is 14.7 Å². The fraction of sp³-hybridized carbons (Fsp3) is 0.368. The molecule has 1 fully saturated rings. The summed E-state index contributed by atoms with van der Waals surface area (Å²) >= 11 is 0. The summed E-state index contributed by atoms with van der Waals surface area (Å²) < 4.78 is 19.3. The Labute approximate surface area is 171 Å². The summed E-state index contributed by atoms with van der Waals surface area (Å²) in [6.45, 7) is 3.02. The number of nitrogens with one attached hydrogen (secondary N) is 1. The first-order valence-corrected chi connectivity index (χ1v) is 9.65. The molecule has 0 aliphatic carbocycles. The van der Waals surface area contributed by atoms with Crippen molar-refractivity contribution >= 4 is 23.0 Å². The molecule has 4 rings (SSSR count). The number of nitrogens with zero attached hydrogens (tertiary/aromatic N) is 6. The third kappa shape index (κ3) is 3.91. The van der Waals surface area contributed by atoms with Gasteiger partial charge in [0.05, 0.1) is 10.6 Å². The molecule has 3 aromatic rings. The Morgan fingerprint density at radius 2 is 2.07 bits per heavy atom. The van der Waals surface area contributed by atoms with Crippen molar-refractivity contribution < 1.29 is 13.8 Å². The lowest BCUT2D eigenvalue weighted by atomic mass is 9.96.